The number of fused-ring (bicyclic) bond motifs is 1. The molecule has 1 aromatic heterocycles. The Morgan fingerprint density at radius 2 is 1.51 bits per heavy atom. The highest BCUT2D eigenvalue weighted by Gasteiger charge is 2.19. The minimum Gasteiger partial charge on any atom is -0.387 e. The summed E-state index contributed by atoms with van der Waals surface area (Å²) in [6.45, 7) is 9.24. The fourth-order valence-corrected chi connectivity index (χ4v) is 4.78. The number of aliphatic hydroxyl groups excluding tert-OH is 1. The van der Waals surface area contributed by atoms with Crippen LogP contribution in [0.3, 0.4) is 0 Å². The highest BCUT2D eigenvalue weighted by molar-refractivity contribution is 6.32. The van der Waals surface area contributed by atoms with Crippen LogP contribution in [0, 0.1) is 6.92 Å². The van der Waals surface area contributed by atoms with Gasteiger partial charge in [-0.05, 0) is 56.1 Å². The van der Waals surface area contributed by atoms with E-state index in [9.17, 15) is 5.11 Å². The third-order valence-corrected chi connectivity index (χ3v) is 7.13. The van der Waals surface area contributed by atoms with Crippen LogP contribution in [0.25, 0.3) is 22.2 Å². The summed E-state index contributed by atoms with van der Waals surface area (Å²) in [7, 11) is 0. The summed E-state index contributed by atoms with van der Waals surface area (Å²) in [6, 6.07) is 16.2. The second kappa shape index (κ2) is 15.5. The molecule has 0 radical (unpaired) electrons. The molecule has 0 aliphatic carbocycles. The smallest absolute Gasteiger partial charge is 0.0924 e. The number of aryl methyl sites for hydroxylation is 1. The van der Waals surface area contributed by atoms with Gasteiger partial charge >= 0.3 is 0 Å². The van der Waals surface area contributed by atoms with Gasteiger partial charge in [-0.3, -0.25) is 0 Å². The number of pyridine rings is 1. The Labute approximate surface area is 223 Å². The second-order valence-electron chi connectivity index (χ2n) is 9.47. The SMILES string of the molecule is CCCCCCN(CCCCCC)CC(O)c1cc(-c2ccccc2)nc2c(C)c(Cl)ccc12.Cl. The van der Waals surface area contributed by atoms with Crippen LogP contribution in [0.1, 0.15) is 82.4 Å². The molecule has 5 heteroatoms. The molecule has 3 nitrogen and oxygen atoms in total. The van der Waals surface area contributed by atoms with Crippen molar-refractivity contribution >= 4 is 34.9 Å². The largest absolute Gasteiger partial charge is 0.387 e. The fourth-order valence-electron chi connectivity index (χ4n) is 4.62. The number of rotatable bonds is 14. The Kier molecular flexibility index (Phi) is 13.1. The maximum absolute atomic E-state index is 11.5. The molecule has 0 aliphatic rings. The van der Waals surface area contributed by atoms with Gasteiger partial charge < -0.3 is 10.0 Å². The minimum atomic E-state index is -0.578. The lowest BCUT2D eigenvalue weighted by Gasteiger charge is -2.26. The molecular formula is C30H42Cl2N2O. The summed E-state index contributed by atoms with van der Waals surface area (Å²) in [6.07, 6.45) is 9.36. The second-order valence-corrected chi connectivity index (χ2v) is 9.88. The van der Waals surface area contributed by atoms with Crippen LogP contribution in [-0.2, 0) is 0 Å². The van der Waals surface area contributed by atoms with Crippen LogP contribution < -0.4 is 0 Å². The van der Waals surface area contributed by atoms with Crippen LogP contribution in [0.15, 0.2) is 48.5 Å². The number of halogens is 2. The minimum absolute atomic E-state index is 0. The van der Waals surface area contributed by atoms with E-state index in [2.05, 4.69) is 36.9 Å². The van der Waals surface area contributed by atoms with Crippen molar-refractivity contribution in [1.82, 2.24) is 9.88 Å². The lowest BCUT2D eigenvalue weighted by molar-refractivity contribution is 0.111. The number of unbranched alkanes of at least 4 members (excludes halogenated alkanes) is 6. The Hall–Kier alpha value is -1.65. The molecule has 0 bridgehead atoms. The molecule has 0 fully saturated rings. The molecule has 3 rings (SSSR count). The van der Waals surface area contributed by atoms with E-state index in [1.165, 1.54) is 51.4 Å². The summed E-state index contributed by atoms with van der Waals surface area (Å²) >= 11 is 6.46. The maximum atomic E-state index is 11.5. The van der Waals surface area contributed by atoms with E-state index in [-0.39, 0.29) is 12.4 Å². The van der Waals surface area contributed by atoms with Crippen molar-refractivity contribution in [2.45, 2.75) is 78.2 Å². The molecule has 0 amide bonds. The molecule has 192 valence electrons. The van der Waals surface area contributed by atoms with Crippen molar-refractivity contribution in [3.05, 3.63) is 64.7 Å². The quantitative estimate of drug-likeness (QED) is 0.217. The van der Waals surface area contributed by atoms with E-state index < -0.39 is 6.10 Å². The Balaban J connectivity index is 0.00000432. The highest BCUT2D eigenvalue weighted by atomic mass is 35.5. The first-order chi connectivity index (χ1) is 16.5. The topological polar surface area (TPSA) is 36.4 Å². The third kappa shape index (κ3) is 8.46. The van der Waals surface area contributed by atoms with E-state index in [4.69, 9.17) is 16.6 Å². The Bertz CT molecular complexity index is 1010. The molecule has 1 unspecified atom stereocenters. The van der Waals surface area contributed by atoms with Crippen LogP contribution in [0.5, 0.6) is 0 Å². The lowest BCUT2D eigenvalue weighted by atomic mass is 9.98. The zero-order valence-corrected chi connectivity index (χ0v) is 23.2. The van der Waals surface area contributed by atoms with Gasteiger partial charge in [0, 0.05) is 22.5 Å². The fraction of sp³-hybridized carbons (Fsp3) is 0.500. The first-order valence-corrected chi connectivity index (χ1v) is 13.5. The highest BCUT2D eigenvalue weighted by Crippen LogP contribution is 2.33. The van der Waals surface area contributed by atoms with Gasteiger partial charge in [-0.2, -0.15) is 0 Å². The molecule has 2 aromatic carbocycles. The van der Waals surface area contributed by atoms with Gasteiger partial charge in [0.05, 0.1) is 17.3 Å². The van der Waals surface area contributed by atoms with Gasteiger partial charge in [-0.1, -0.05) is 100 Å². The van der Waals surface area contributed by atoms with Crippen molar-refractivity contribution in [3.8, 4) is 11.3 Å². The normalized spacial score (nSPS) is 12.2. The van der Waals surface area contributed by atoms with Crippen molar-refractivity contribution in [1.29, 1.82) is 0 Å². The van der Waals surface area contributed by atoms with E-state index in [0.29, 0.717) is 11.6 Å². The van der Waals surface area contributed by atoms with Crippen LogP contribution in [0.4, 0.5) is 0 Å². The van der Waals surface area contributed by atoms with E-state index in [0.717, 1.165) is 46.4 Å². The lowest BCUT2D eigenvalue weighted by Crippen LogP contribution is -2.31. The van der Waals surface area contributed by atoms with Crippen LogP contribution in [0.2, 0.25) is 5.02 Å². The predicted molar refractivity (Wildman–Crippen MR) is 154 cm³/mol. The molecule has 1 N–H and O–H groups in total. The van der Waals surface area contributed by atoms with Gasteiger partial charge in [-0.25, -0.2) is 4.98 Å². The van der Waals surface area contributed by atoms with Crippen LogP contribution >= 0.6 is 24.0 Å². The van der Waals surface area contributed by atoms with Gasteiger partial charge in [0.25, 0.3) is 0 Å². The number of aromatic nitrogens is 1. The molecule has 0 saturated carbocycles. The Morgan fingerprint density at radius 1 is 0.886 bits per heavy atom. The molecule has 1 atom stereocenters. The summed E-state index contributed by atoms with van der Waals surface area (Å²) in [4.78, 5) is 7.42. The van der Waals surface area contributed by atoms with Gasteiger partial charge in [0.15, 0.2) is 0 Å². The number of benzene rings is 2. The summed E-state index contributed by atoms with van der Waals surface area (Å²) < 4.78 is 0. The first kappa shape index (κ1) is 29.6. The summed E-state index contributed by atoms with van der Waals surface area (Å²) in [5.41, 5.74) is 4.70. The van der Waals surface area contributed by atoms with Crippen molar-refractivity contribution < 1.29 is 5.11 Å². The van der Waals surface area contributed by atoms with E-state index in [1.54, 1.807) is 0 Å². The predicted octanol–water partition coefficient (Wildman–Crippen LogP) is 8.78. The molecule has 0 saturated heterocycles. The number of hydrogen-bond donors (Lipinski definition) is 1. The zero-order valence-electron chi connectivity index (χ0n) is 21.6. The molecule has 0 spiro atoms. The third-order valence-electron chi connectivity index (χ3n) is 6.72. The number of nitrogens with zero attached hydrogens (tertiary/aromatic N) is 2. The van der Waals surface area contributed by atoms with Crippen LogP contribution in [-0.4, -0.2) is 34.6 Å². The first-order valence-electron chi connectivity index (χ1n) is 13.1. The van der Waals surface area contributed by atoms with E-state index in [1.807, 2.05) is 37.3 Å². The van der Waals surface area contributed by atoms with Crippen molar-refractivity contribution in [3.63, 3.8) is 0 Å². The average molecular weight is 518 g/mol. The molecule has 3 aromatic rings. The van der Waals surface area contributed by atoms with Gasteiger partial charge in [0.1, 0.15) is 0 Å². The number of aliphatic hydroxyl groups is 1. The molecular weight excluding hydrogens is 475 g/mol. The molecule has 1 heterocycles. The van der Waals surface area contributed by atoms with Crippen molar-refractivity contribution in [2.75, 3.05) is 19.6 Å². The maximum Gasteiger partial charge on any atom is 0.0924 e. The van der Waals surface area contributed by atoms with E-state index >= 15 is 0 Å². The molecule has 35 heavy (non-hydrogen) atoms. The van der Waals surface area contributed by atoms with Crippen molar-refractivity contribution in [2.24, 2.45) is 0 Å². The average Bonchev–Trinajstić information content (AvgIpc) is 2.86. The van der Waals surface area contributed by atoms with Gasteiger partial charge in [-0.15, -0.1) is 12.4 Å². The summed E-state index contributed by atoms with van der Waals surface area (Å²) in [5.74, 6) is 0. The summed E-state index contributed by atoms with van der Waals surface area (Å²) in [5, 5.41) is 13.2. The zero-order chi connectivity index (χ0) is 24.3. The monoisotopic (exact) mass is 516 g/mol. The van der Waals surface area contributed by atoms with Gasteiger partial charge in [0.2, 0.25) is 0 Å². The Morgan fingerprint density at radius 3 is 2.11 bits per heavy atom. The standard InChI is InChI=1S/C30H41ClN2O.ClH/c1-4-6-8-13-19-33(20-14-9-7-5-2)22-29(34)26-21-28(24-15-11-10-12-16-24)32-30-23(3)27(31)18-17-25(26)30;/h10-12,15-18,21,29,34H,4-9,13-14,19-20,22H2,1-3H3;1H. The molecule has 0 aliphatic heterocycles. The number of hydrogen-bond acceptors (Lipinski definition) is 3.